The SMILES string of the molecule is COc1ccc(CN(C)CC(O)Cn2c(-c3ccccc3)noc2=O)cc1OC(F)F. The first-order chi connectivity index (χ1) is 14.9. The zero-order chi connectivity index (χ0) is 22.4. The zero-order valence-corrected chi connectivity index (χ0v) is 17.1. The number of rotatable bonds is 10. The predicted molar refractivity (Wildman–Crippen MR) is 108 cm³/mol. The zero-order valence-electron chi connectivity index (χ0n) is 17.1. The smallest absolute Gasteiger partial charge is 0.441 e. The predicted octanol–water partition coefficient (Wildman–Crippen LogP) is 2.61. The highest BCUT2D eigenvalue weighted by molar-refractivity contribution is 5.54. The van der Waals surface area contributed by atoms with Crippen LogP contribution in [0.3, 0.4) is 0 Å². The number of aliphatic hydroxyl groups is 1. The van der Waals surface area contributed by atoms with Gasteiger partial charge in [-0.3, -0.25) is 14.0 Å². The van der Waals surface area contributed by atoms with E-state index >= 15 is 0 Å². The van der Waals surface area contributed by atoms with Gasteiger partial charge in [0.1, 0.15) is 0 Å². The van der Waals surface area contributed by atoms with Crippen molar-refractivity contribution in [1.82, 2.24) is 14.6 Å². The van der Waals surface area contributed by atoms with Crippen molar-refractivity contribution in [3.05, 3.63) is 64.6 Å². The van der Waals surface area contributed by atoms with E-state index in [9.17, 15) is 18.7 Å². The van der Waals surface area contributed by atoms with E-state index in [4.69, 9.17) is 9.26 Å². The molecule has 0 aliphatic rings. The van der Waals surface area contributed by atoms with Gasteiger partial charge in [-0.1, -0.05) is 41.6 Å². The second-order valence-electron chi connectivity index (χ2n) is 6.96. The standard InChI is InChI=1S/C21H23F2N3O5/c1-25(11-14-8-9-17(29-2)18(10-14)30-20(22)23)12-16(27)13-26-19(24-31-21(26)28)15-6-4-3-5-7-15/h3-10,16,20,27H,11-13H2,1-2H3. The fourth-order valence-electron chi connectivity index (χ4n) is 3.24. The molecule has 10 heteroatoms. The molecule has 2 aromatic carbocycles. The largest absolute Gasteiger partial charge is 0.493 e. The number of methoxy groups -OCH3 is 1. The van der Waals surface area contributed by atoms with Crippen molar-refractivity contribution in [1.29, 1.82) is 0 Å². The molecule has 0 aliphatic carbocycles. The molecular formula is C21H23F2N3O5. The number of hydrogen-bond donors (Lipinski definition) is 1. The second-order valence-corrected chi connectivity index (χ2v) is 6.96. The van der Waals surface area contributed by atoms with E-state index in [-0.39, 0.29) is 24.6 Å². The third kappa shape index (κ3) is 5.89. The summed E-state index contributed by atoms with van der Waals surface area (Å²) in [5.41, 5.74) is 1.39. The molecule has 8 nitrogen and oxygen atoms in total. The minimum Gasteiger partial charge on any atom is -0.493 e. The molecular weight excluding hydrogens is 412 g/mol. The number of halogens is 2. The summed E-state index contributed by atoms with van der Waals surface area (Å²) in [7, 11) is 3.13. The van der Waals surface area contributed by atoms with E-state index in [1.165, 1.54) is 17.7 Å². The number of alkyl halides is 2. The number of aromatic nitrogens is 2. The molecule has 1 unspecified atom stereocenters. The van der Waals surface area contributed by atoms with Gasteiger partial charge in [0, 0.05) is 18.7 Å². The van der Waals surface area contributed by atoms with Crippen molar-refractivity contribution in [2.75, 3.05) is 20.7 Å². The van der Waals surface area contributed by atoms with Gasteiger partial charge in [0.2, 0.25) is 0 Å². The highest BCUT2D eigenvalue weighted by atomic mass is 19.3. The van der Waals surface area contributed by atoms with Crippen LogP contribution in [0.4, 0.5) is 8.78 Å². The molecule has 3 rings (SSSR count). The fourth-order valence-corrected chi connectivity index (χ4v) is 3.24. The monoisotopic (exact) mass is 435 g/mol. The lowest BCUT2D eigenvalue weighted by atomic mass is 10.2. The maximum absolute atomic E-state index is 12.6. The molecule has 0 fully saturated rings. The third-order valence-electron chi connectivity index (χ3n) is 4.53. The van der Waals surface area contributed by atoms with E-state index < -0.39 is 18.5 Å². The molecule has 0 spiro atoms. The Kier molecular flexibility index (Phi) is 7.37. The first kappa shape index (κ1) is 22.4. The molecule has 0 aliphatic heterocycles. The minimum atomic E-state index is -2.97. The molecule has 31 heavy (non-hydrogen) atoms. The Hall–Kier alpha value is -3.24. The van der Waals surface area contributed by atoms with Crippen LogP contribution in [0, 0.1) is 0 Å². The highest BCUT2D eigenvalue weighted by Gasteiger charge is 2.18. The number of nitrogens with zero attached hydrogens (tertiary/aromatic N) is 3. The quantitative estimate of drug-likeness (QED) is 0.524. The molecule has 166 valence electrons. The first-order valence-electron chi connectivity index (χ1n) is 9.47. The van der Waals surface area contributed by atoms with Crippen molar-refractivity contribution in [2.24, 2.45) is 0 Å². The van der Waals surface area contributed by atoms with Crippen molar-refractivity contribution < 1.29 is 27.9 Å². The number of likely N-dealkylation sites (N-methyl/N-ethyl adjacent to an activating group) is 1. The summed E-state index contributed by atoms with van der Waals surface area (Å²) in [6, 6.07) is 13.8. The first-order valence-corrected chi connectivity index (χ1v) is 9.47. The van der Waals surface area contributed by atoms with Crippen molar-refractivity contribution in [3.63, 3.8) is 0 Å². The molecule has 0 amide bonds. The number of ether oxygens (including phenoxy) is 2. The maximum atomic E-state index is 12.6. The molecule has 1 atom stereocenters. The van der Waals surface area contributed by atoms with Gasteiger partial charge in [-0.2, -0.15) is 8.78 Å². The van der Waals surface area contributed by atoms with Crippen LogP contribution in [-0.2, 0) is 13.1 Å². The van der Waals surface area contributed by atoms with Crippen LogP contribution in [-0.4, -0.2) is 53.1 Å². The maximum Gasteiger partial charge on any atom is 0.441 e. The molecule has 1 aromatic heterocycles. The Labute approximate surface area is 177 Å². The average molecular weight is 435 g/mol. The lowest BCUT2D eigenvalue weighted by Crippen LogP contribution is -2.34. The molecule has 1 N–H and O–H groups in total. The van der Waals surface area contributed by atoms with Crippen LogP contribution in [0.5, 0.6) is 11.5 Å². The van der Waals surface area contributed by atoms with Crippen LogP contribution in [0.1, 0.15) is 5.56 Å². The van der Waals surface area contributed by atoms with Crippen LogP contribution in [0.2, 0.25) is 0 Å². The summed E-state index contributed by atoms with van der Waals surface area (Å²) in [6.07, 6.45) is -0.903. The average Bonchev–Trinajstić information content (AvgIpc) is 3.08. The summed E-state index contributed by atoms with van der Waals surface area (Å²) in [5.74, 6) is -0.194. The fraction of sp³-hybridized carbons (Fsp3) is 0.333. The minimum absolute atomic E-state index is 0.0146. The molecule has 1 heterocycles. The van der Waals surface area contributed by atoms with E-state index in [0.717, 1.165) is 0 Å². The van der Waals surface area contributed by atoms with Crippen LogP contribution in [0.25, 0.3) is 11.4 Å². The molecule has 0 saturated heterocycles. The molecule has 0 radical (unpaired) electrons. The molecule has 0 bridgehead atoms. The molecule has 3 aromatic rings. The Morgan fingerprint density at radius 2 is 1.94 bits per heavy atom. The van der Waals surface area contributed by atoms with Crippen LogP contribution >= 0.6 is 0 Å². The van der Waals surface area contributed by atoms with Gasteiger partial charge >= 0.3 is 12.4 Å². The van der Waals surface area contributed by atoms with Gasteiger partial charge in [-0.15, -0.1) is 0 Å². The lowest BCUT2D eigenvalue weighted by Gasteiger charge is -2.21. The number of benzene rings is 2. The summed E-state index contributed by atoms with van der Waals surface area (Å²) in [5, 5.41) is 14.3. The topological polar surface area (TPSA) is 90.0 Å². The van der Waals surface area contributed by atoms with Gasteiger partial charge in [0.15, 0.2) is 17.3 Å². The lowest BCUT2D eigenvalue weighted by molar-refractivity contribution is -0.0512. The van der Waals surface area contributed by atoms with Crippen LogP contribution < -0.4 is 15.2 Å². The Bertz CT molecular complexity index is 1040. The van der Waals surface area contributed by atoms with Gasteiger partial charge < -0.3 is 14.6 Å². The Balaban J connectivity index is 1.65. The van der Waals surface area contributed by atoms with Gasteiger partial charge in [0.05, 0.1) is 19.8 Å². The van der Waals surface area contributed by atoms with Gasteiger partial charge in [-0.05, 0) is 24.7 Å². The van der Waals surface area contributed by atoms with E-state index in [0.29, 0.717) is 23.5 Å². The number of hydrogen-bond acceptors (Lipinski definition) is 7. The van der Waals surface area contributed by atoms with Crippen molar-refractivity contribution in [2.45, 2.75) is 25.8 Å². The van der Waals surface area contributed by atoms with Crippen LogP contribution in [0.15, 0.2) is 57.8 Å². The van der Waals surface area contributed by atoms with Crippen molar-refractivity contribution >= 4 is 0 Å². The highest BCUT2D eigenvalue weighted by Crippen LogP contribution is 2.29. The third-order valence-corrected chi connectivity index (χ3v) is 4.53. The van der Waals surface area contributed by atoms with E-state index in [1.807, 2.05) is 18.2 Å². The normalized spacial score (nSPS) is 12.4. The van der Waals surface area contributed by atoms with Gasteiger partial charge in [-0.25, -0.2) is 4.79 Å². The Morgan fingerprint density at radius 3 is 2.61 bits per heavy atom. The Morgan fingerprint density at radius 1 is 1.19 bits per heavy atom. The summed E-state index contributed by atoms with van der Waals surface area (Å²) in [4.78, 5) is 13.8. The van der Waals surface area contributed by atoms with Gasteiger partial charge in [0.25, 0.3) is 0 Å². The second kappa shape index (κ2) is 10.2. The summed E-state index contributed by atoms with van der Waals surface area (Å²) in [6.45, 7) is -2.42. The number of aliphatic hydroxyl groups excluding tert-OH is 1. The van der Waals surface area contributed by atoms with Crippen molar-refractivity contribution in [3.8, 4) is 22.9 Å². The van der Waals surface area contributed by atoms with E-state index in [2.05, 4.69) is 9.89 Å². The van der Waals surface area contributed by atoms with E-state index in [1.54, 1.807) is 36.2 Å². The summed E-state index contributed by atoms with van der Waals surface area (Å²) < 4.78 is 40.8. The molecule has 0 saturated carbocycles. The summed E-state index contributed by atoms with van der Waals surface area (Å²) >= 11 is 0.